The maximum absolute atomic E-state index is 12.8. The maximum atomic E-state index is 12.8. The van der Waals surface area contributed by atoms with Gasteiger partial charge in [0.15, 0.2) is 6.10 Å². The Morgan fingerprint density at radius 3 is 1.16 bits per heavy atom. The van der Waals surface area contributed by atoms with Crippen LogP contribution in [0.4, 0.5) is 0 Å². The van der Waals surface area contributed by atoms with Gasteiger partial charge in [-0.15, -0.1) is 0 Å². The van der Waals surface area contributed by atoms with Crippen LogP contribution in [0.15, 0.2) is 85.1 Å². The van der Waals surface area contributed by atoms with Crippen molar-refractivity contribution in [3.05, 3.63) is 85.1 Å². The molecule has 0 rings (SSSR count). The number of unbranched alkanes of at least 4 members (excludes halogenated alkanes) is 24. The van der Waals surface area contributed by atoms with E-state index in [2.05, 4.69) is 106 Å². The maximum Gasteiger partial charge on any atom is 0.306 e. The molecule has 5 nitrogen and oxygen atoms in total. The zero-order valence-electron chi connectivity index (χ0n) is 42.3. The lowest BCUT2D eigenvalue weighted by Crippen LogP contribution is -2.30. The van der Waals surface area contributed by atoms with Crippen LogP contribution in [0.2, 0.25) is 0 Å². The lowest BCUT2D eigenvalue weighted by atomic mass is 10.0. The highest BCUT2D eigenvalue weighted by atomic mass is 16.6. The van der Waals surface area contributed by atoms with Crippen molar-refractivity contribution in [3.63, 3.8) is 0 Å². The van der Waals surface area contributed by atoms with E-state index in [1.807, 2.05) is 0 Å². The number of hydrogen-bond donors (Lipinski definition) is 0. The van der Waals surface area contributed by atoms with Crippen LogP contribution in [0.25, 0.3) is 0 Å². The molecule has 0 aliphatic rings. The Labute approximate surface area is 397 Å². The summed E-state index contributed by atoms with van der Waals surface area (Å²) in [4.78, 5) is 25.4. The molecule has 0 aromatic heterocycles. The van der Waals surface area contributed by atoms with Gasteiger partial charge in [-0.25, -0.2) is 0 Å². The first-order chi connectivity index (χ1) is 31.6. The molecular formula is C59H102O5. The van der Waals surface area contributed by atoms with Crippen LogP contribution in [0.5, 0.6) is 0 Å². The molecule has 0 saturated heterocycles. The monoisotopic (exact) mass is 891 g/mol. The van der Waals surface area contributed by atoms with Crippen molar-refractivity contribution < 1.29 is 23.8 Å². The van der Waals surface area contributed by atoms with E-state index in [4.69, 9.17) is 14.2 Å². The van der Waals surface area contributed by atoms with Crippen LogP contribution in [-0.2, 0) is 23.8 Å². The number of hydrogen-bond acceptors (Lipinski definition) is 5. The average Bonchev–Trinajstić information content (AvgIpc) is 3.30. The summed E-state index contributed by atoms with van der Waals surface area (Å²) in [5, 5.41) is 0. The third-order valence-electron chi connectivity index (χ3n) is 11.4. The van der Waals surface area contributed by atoms with Gasteiger partial charge in [0.1, 0.15) is 6.61 Å². The number of esters is 2. The number of ether oxygens (including phenoxy) is 3. The minimum Gasteiger partial charge on any atom is -0.462 e. The van der Waals surface area contributed by atoms with E-state index < -0.39 is 6.10 Å². The van der Waals surface area contributed by atoms with Crippen molar-refractivity contribution in [2.24, 2.45) is 0 Å². The van der Waals surface area contributed by atoms with Crippen molar-refractivity contribution in [1.82, 2.24) is 0 Å². The van der Waals surface area contributed by atoms with E-state index in [0.717, 1.165) is 103 Å². The number of allylic oxidation sites excluding steroid dienone is 14. The lowest BCUT2D eigenvalue weighted by Gasteiger charge is -2.18. The van der Waals surface area contributed by atoms with E-state index in [1.165, 1.54) is 116 Å². The highest BCUT2D eigenvalue weighted by Crippen LogP contribution is 2.15. The summed E-state index contributed by atoms with van der Waals surface area (Å²) in [7, 11) is 0. The van der Waals surface area contributed by atoms with E-state index in [0.29, 0.717) is 19.4 Å². The van der Waals surface area contributed by atoms with Crippen LogP contribution in [0.1, 0.15) is 252 Å². The van der Waals surface area contributed by atoms with E-state index in [9.17, 15) is 9.59 Å². The zero-order chi connectivity index (χ0) is 46.3. The highest BCUT2D eigenvalue weighted by molar-refractivity contribution is 5.70. The smallest absolute Gasteiger partial charge is 0.306 e. The van der Waals surface area contributed by atoms with Crippen molar-refractivity contribution >= 4 is 11.9 Å². The molecule has 0 aromatic carbocycles. The van der Waals surface area contributed by atoms with Crippen LogP contribution in [0, 0.1) is 0 Å². The summed E-state index contributed by atoms with van der Waals surface area (Å²) in [6.45, 7) is 7.56. The van der Waals surface area contributed by atoms with Gasteiger partial charge >= 0.3 is 11.9 Å². The summed E-state index contributed by atoms with van der Waals surface area (Å²) in [6, 6.07) is 0. The molecule has 368 valence electrons. The Hall–Kier alpha value is -2.92. The first kappa shape index (κ1) is 61.1. The van der Waals surface area contributed by atoms with E-state index >= 15 is 0 Å². The molecule has 0 heterocycles. The van der Waals surface area contributed by atoms with Gasteiger partial charge in [0.25, 0.3) is 0 Å². The van der Waals surface area contributed by atoms with Crippen LogP contribution >= 0.6 is 0 Å². The first-order valence-corrected chi connectivity index (χ1v) is 27.1. The summed E-state index contributed by atoms with van der Waals surface area (Å²) < 4.78 is 17.4. The van der Waals surface area contributed by atoms with Crippen molar-refractivity contribution in [2.45, 2.75) is 258 Å². The van der Waals surface area contributed by atoms with Gasteiger partial charge < -0.3 is 14.2 Å². The molecule has 0 aromatic rings. The van der Waals surface area contributed by atoms with Gasteiger partial charge in [-0.05, 0) is 89.9 Å². The third kappa shape index (κ3) is 51.7. The van der Waals surface area contributed by atoms with E-state index in [-0.39, 0.29) is 25.2 Å². The van der Waals surface area contributed by atoms with Gasteiger partial charge in [0, 0.05) is 19.4 Å². The third-order valence-corrected chi connectivity index (χ3v) is 11.4. The summed E-state index contributed by atoms with van der Waals surface area (Å²) in [5.41, 5.74) is 0. The average molecular weight is 891 g/mol. The van der Waals surface area contributed by atoms with Crippen LogP contribution in [0.3, 0.4) is 0 Å². The van der Waals surface area contributed by atoms with Crippen LogP contribution < -0.4 is 0 Å². The number of carbonyl (C=O) groups is 2. The molecule has 1 unspecified atom stereocenters. The number of carbonyl (C=O) groups excluding carboxylic acids is 2. The second-order valence-corrected chi connectivity index (χ2v) is 17.7. The SMILES string of the molecule is CC/C=C\C/C=C\C/C=C\C/C=C\CCCCC(=O)OCC(COCCCCCCCCCCCCCCCCCCCC)OC(=O)CCCCCCC/C=C\C/C=C\C/C=C\CC. The predicted molar refractivity (Wildman–Crippen MR) is 279 cm³/mol. The van der Waals surface area contributed by atoms with Crippen LogP contribution in [-0.4, -0.2) is 37.9 Å². The largest absolute Gasteiger partial charge is 0.462 e. The molecule has 0 bridgehead atoms. The molecule has 1 atom stereocenters. The molecule has 64 heavy (non-hydrogen) atoms. The Morgan fingerprint density at radius 1 is 0.359 bits per heavy atom. The number of rotatable bonds is 49. The molecule has 5 heteroatoms. The van der Waals surface area contributed by atoms with Crippen molar-refractivity contribution in [1.29, 1.82) is 0 Å². The van der Waals surface area contributed by atoms with Gasteiger partial charge in [0.05, 0.1) is 6.61 Å². The second kappa shape index (κ2) is 54.4. The molecule has 0 spiro atoms. The standard InChI is InChI=1S/C59H102O5/c1-4-7-10-13-16-19-22-25-28-29-30-33-36-39-42-45-48-51-54-62-55-57(64-59(61)53-50-47-44-41-38-35-32-27-24-21-18-15-12-9-6-3)56-63-58(60)52-49-46-43-40-37-34-31-26-23-20-17-14-11-8-5-2/h8-9,11-12,17-18,20-21,26-27,31-32,37,40,57H,4-7,10,13-16,19,22-25,28-30,33-36,38-39,41-56H2,1-3H3/b11-8-,12-9-,20-17-,21-18-,31-26-,32-27-,40-37-. The quantitative estimate of drug-likeness (QED) is 0.0346. The summed E-state index contributed by atoms with van der Waals surface area (Å²) >= 11 is 0. The predicted octanol–water partition coefficient (Wildman–Crippen LogP) is 18.5. The van der Waals surface area contributed by atoms with Gasteiger partial charge in [0.2, 0.25) is 0 Å². The molecule has 0 fully saturated rings. The molecule has 0 aliphatic heterocycles. The van der Waals surface area contributed by atoms with Gasteiger partial charge in [-0.3, -0.25) is 9.59 Å². The fourth-order valence-corrected chi connectivity index (χ4v) is 7.46. The Kier molecular flexibility index (Phi) is 51.9. The van der Waals surface area contributed by atoms with Gasteiger partial charge in [-0.1, -0.05) is 234 Å². The Balaban J connectivity index is 4.33. The van der Waals surface area contributed by atoms with Crippen molar-refractivity contribution in [3.8, 4) is 0 Å². The van der Waals surface area contributed by atoms with Gasteiger partial charge in [-0.2, -0.15) is 0 Å². The second-order valence-electron chi connectivity index (χ2n) is 17.7. The first-order valence-electron chi connectivity index (χ1n) is 27.1. The summed E-state index contributed by atoms with van der Waals surface area (Å²) in [5.74, 6) is -0.460. The Bertz CT molecular complexity index is 1190. The molecule has 0 saturated carbocycles. The Morgan fingerprint density at radius 2 is 0.703 bits per heavy atom. The molecule has 0 amide bonds. The van der Waals surface area contributed by atoms with Crippen molar-refractivity contribution in [2.75, 3.05) is 19.8 Å². The minimum absolute atomic E-state index is 0.0553. The highest BCUT2D eigenvalue weighted by Gasteiger charge is 2.17. The minimum atomic E-state index is -0.564. The molecule has 0 radical (unpaired) electrons. The molecule has 0 N–H and O–H groups in total. The topological polar surface area (TPSA) is 61.8 Å². The lowest BCUT2D eigenvalue weighted by molar-refractivity contribution is -0.163. The van der Waals surface area contributed by atoms with E-state index in [1.54, 1.807) is 0 Å². The molecular weight excluding hydrogens is 789 g/mol. The molecule has 0 aliphatic carbocycles. The summed E-state index contributed by atoms with van der Waals surface area (Å²) in [6.07, 6.45) is 71.7. The fourth-order valence-electron chi connectivity index (χ4n) is 7.46. The zero-order valence-corrected chi connectivity index (χ0v) is 42.3. The fraction of sp³-hybridized carbons (Fsp3) is 0.729. The normalized spacial score (nSPS) is 12.9.